The second-order valence-electron chi connectivity index (χ2n) is 6.36. The lowest BCUT2D eigenvalue weighted by Gasteiger charge is -2.15. The van der Waals surface area contributed by atoms with E-state index in [0.29, 0.717) is 11.3 Å². The lowest BCUT2D eigenvalue weighted by molar-refractivity contribution is -0.127. The van der Waals surface area contributed by atoms with Crippen molar-refractivity contribution in [1.29, 1.82) is 0 Å². The molecule has 0 aliphatic heterocycles. The molecule has 2 aromatic rings. The van der Waals surface area contributed by atoms with Crippen LogP contribution in [0.15, 0.2) is 53.4 Å². The molecule has 0 saturated heterocycles. The van der Waals surface area contributed by atoms with Gasteiger partial charge in [0.2, 0.25) is 10.0 Å². The standard InChI is InChI=1S/C19H23FN2O4S/c1-13(2)22-27(24,25)18-6-4-5-15(11-18)12-21-19(23)14(3)26-17-9-7-16(20)8-10-17/h4-11,13-14,22H,12H2,1-3H3,(H,21,23). The molecule has 2 rings (SSSR count). The molecule has 0 radical (unpaired) electrons. The number of hydrogen-bond donors (Lipinski definition) is 2. The first-order valence-electron chi connectivity index (χ1n) is 8.48. The number of carbonyl (C=O) groups is 1. The van der Waals surface area contributed by atoms with E-state index in [1.807, 2.05) is 0 Å². The molecule has 0 bridgehead atoms. The van der Waals surface area contributed by atoms with Crippen LogP contribution in [0.3, 0.4) is 0 Å². The fourth-order valence-corrected chi connectivity index (χ4v) is 3.63. The van der Waals surface area contributed by atoms with Gasteiger partial charge < -0.3 is 10.1 Å². The highest BCUT2D eigenvalue weighted by Crippen LogP contribution is 2.14. The minimum absolute atomic E-state index is 0.138. The number of sulfonamides is 1. The zero-order valence-corrected chi connectivity index (χ0v) is 16.2. The molecule has 2 aromatic carbocycles. The van der Waals surface area contributed by atoms with Crippen LogP contribution < -0.4 is 14.8 Å². The highest BCUT2D eigenvalue weighted by Gasteiger charge is 2.17. The van der Waals surface area contributed by atoms with Crippen molar-refractivity contribution in [3.63, 3.8) is 0 Å². The van der Waals surface area contributed by atoms with Gasteiger partial charge in [0.1, 0.15) is 11.6 Å². The molecular formula is C19H23FN2O4S. The van der Waals surface area contributed by atoms with Crippen LogP contribution >= 0.6 is 0 Å². The zero-order chi connectivity index (χ0) is 20.0. The maximum atomic E-state index is 12.9. The van der Waals surface area contributed by atoms with Crippen molar-refractivity contribution in [3.05, 3.63) is 59.9 Å². The van der Waals surface area contributed by atoms with Crippen molar-refractivity contribution in [1.82, 2.24) is 10.0 Å². The van der Waals surface area contributed by atoms with Crippen molar-refractivity contribution >= 4 is 15.9 Å². The predicted molar refractivity (Wildman–Crippen MR) is 100 cm³/mol. The van der Waals surface area contributed by atoms with Crippen LogP contribution in [0.1, 0.15) is 26.3 Å². The second-order valence-corrected chi connectivity index (χ2v) is 8.07. The summed E-state index contributed by atoms with van der Waals surface area (Å²) in [6.45, 7) is 5.21. The Hall–Kier alpha value is -2.45. The SMILES string of the molecule is CC(C)NS(=O)(=O)c1cccc(CNC(=O)C(C)Oc2ccc(F)cc2)c1. The smallest absolute Gasteiger partial charge is 0.261 e. The fraction of sp³-hybridized carbons (Fsp3) is 0.316. The molecule has 0 aliphatic carbocycles. The first-order valence-corrected chi connectivity index (χ1v) is 9.97. The van der Waals surface area contributed by atoms with Gasteiger partial charge in [-0.1, -0.05) is 12.1 Å². The van der Waals surface area contributed by atoms with E-state index >= 15 is 0 Å². The maximum Gasteiger partial charge on any atom is 0.261 e. The van der Waals surface area contributed by atoms with Gasteiger partial charge in [0.05, 0.1) is 4.90 Å². The number of benzene rings is 2. The van der Waals surface area contributed by atoms with Crippen LogP contribution in [-0.4, -0.2) is 26.5 Å². The van der Waals surface area contributed by atoms with E-state index in [-0.39, 0.29) is 29.2 Å². The van der Waals surface area contributed by atoms with E-state index in [1.54, 1.807) is 32.9 Å². The summed E-state index contributed by atoms with van der Waals surface area (Å²) < 4.78 is 45.3. The van der Waals surface area contributed by atoms with Crippen molar-refractivity contribution in [2.24, 2.45) is 0 Å². The summed E-state index contributed by atoms with van der Waals surface area (Å²) in [7, 11) is -3.60. The first kappa shape index (κ1) is 20.9. The predicted octanol–water partition coefficient (Wildman–Crippen LogP) is 2.60. The van der Waals surface area contributed by atoms with Gasteiger partial charge in [0.25, 0.3) is 5.91 Å². The molecule has 0 aliphatic rings. The van der Waals surface area contributed by atoms with Gasteiger partial charge in [-0.3, -0.25) is 4.79 Å². The summed E-state index contributed by atoms with van der Waals surface area (Å²) in [5.41, 5.74) is 0.643. The zero-order valence-electron chi connectivity index (χ0n) is 15.4. The number of carbonyl (C=O) groups excluding carboxylic acids is 1. The highest BCUT2D eigenvalue weighted by molar-refractivity contribution is 7.89. The Morgan fingerprint density at radius 3 is 2.41 bits per heavy atom. The molecule has 2 N–H and O–H groups in total. The van der Waals surface area contributed by atoms with Crippen molar-refractivity contribution in [3.8, 4) is 5.75 Å². The van der Waals surface area contributed by atoms with E-state index in [1.165, 1.54) is 36.4 Å². The average molecular weight is 394 g/mol. The molecule has 8 heteroatoms. The van der Waals surface area contributed by atoms with Crippen molar-refractivity contribution < 1.29 is 22.3 Å². The Kier molecular flexibility index (Phi) is 6.92. The van der Waals surface area contributed by atoms with Crippen LogP contribution in [0.2, 0.25) is 0 Å². The largest absolute Gasteiger partial charge is 0.481 e. The molecule has 0 fully saturated rings. The fourth-order valence-electron chi connectivity index (χ4n) is 2.30. The third kappa shape index (κ3) is 6.33. The van der Waals surface area contributed by atoms with Gasteiger partial charge in [0, 0.05) is 12.6 Å². The summed E-state index contributed by atoms with van der Waals surface area (Å²) in [6, 6.07) is 11.5. The molecular weight excluding hydrogens is 371 g/mol. The molecule has 0 aromatic heterocycles. The minimum Gasteiger partial charge on any atom is -0.481 e. The molecule has 0 saturated carbocycles. The summed E-state index contributed by atoms with van der Waals surface area (Å²) in [6.07, 6.45) is -0.787. The van der Waals surface area contributed by atoms with Gasteiger partial charge in [-0.2, -0.15) is 0 Å². The molecule has 146 valence electrons. The Bertz CT molecular complexity index is 883. The lowest BCUT2D eigenvalue weighted by Crippen LogP contribution is -2.36. The van der Waals surface area contributed by atoms with Crippen molar-refractivity contribution in [2.75, 3.05) is 0 Å². The Morgan fingerprint density at radius 2 is 1.78 bits per heavy atom. The molecule has 1 amide bonds. The van der Waals surface area contributed by atoms with E-state index in [2.05, 4.69) is 10.0 Å². The van der Waals surface area contributed by atoms with Gasteiger partial charge in [-0.25, -0.2) is 17.5 Å². The Balaban J connectivity index is 1.96. The summed E-state index contributed by atoms with van der Waals surface area (Å²) in [5, 5.41) is 2.70. The van der Waals surface area contributed by atoms with Crippen LogP contribution in [0.25, 0.3) is 0 Å². The first-order chi connectivity index (χ1) is 12.7. The van der Waals surface area contributed by atoms with Crippen LogP contribution in [0.5, 0.6) is 5.75 Å². The van der Waals surface area contributed by atoms with Gasteiger partial charge >= 0.3 is 0 Å². The summed E-state index contributed by atoms with van der Waals surface area (Å²) in [4.78, 5) is 12.3. The van der Waals surface area contributed by atoms with Crippen molar-refractivity contribution in [2.45, 2.75) is 44.4 Å². The van der Waals surface area contributed by atoms with Gasteiger partial charge in [0.15, 0.2) is 6.10 Å². The van der Waals surface area contributed by atoms with E-state index < -0.39 is 16.1 Å². The van der Waals surface area contributed by atoms with Crippen LogP contribution in [0, 0.1) is 5.82 Å². The molecule has 27 heavy (non-hydrogen) atoms. The number of ether oxygens (including phenoxy) is 1. The van der Waals surface area contributed by atoms with E-state index in [9.17, 15) is 17.6 Å². The number of nitrogens with one attached hydrogen (secondary N) is 2. The quantitative estimate of drug-likeness (QED) is 0.721. The van der Waals surface area contributed by atoms with Crippen LogP contribution in [0.4, 0.5) is 4.39 Å². The van der Waals surface area contributed by atoms with Gasteiger partial charge in [-0.15, -0.1) is 0 Å². The number of halogens is 1. The number of amides is 1. The summed E-state index contributed by atoms with van der Waals surface area (Å²) >= 11 is 0. The molecule has 1 unspecified atom stereocenters. The van der Waals surface area contributed by atoms with Gasteiger partial charge in [-0.05, 0) is 62.7 Å². The highest BCUT2D eigenvalue weighted by atomic mass is 32.2. The Labute approximate surface area is 158 Å². The molecule has 0 heterocycles. The van der Waals surface area contributed by atoms with E-state index in [4.69, 9.17) is 4.74 Å². The third-order valence-corrected chi connectivity index (χ3v) is 5.22. The van der Waals surface area contributed by atoms with Crippen LogP contribution in [-0.2, 0) is 21.4 Å². The van der Waals surface area contributed by atoms with E-state index in [0.717, 1.165) is 0 Å². The topological polar surface area (TPSA) is 84.5 Å². The second kappa shape index (κ2) is 8.96. The number of rotatable bonds is 8. The monoisotopic (exact) mass is 394 g/mol. The molecule has 0 spiro atoms. The maximum absolute atomic E-state index is 12.9. The third-order valence-electron chi connectivity index (χ3n) is 3.56. The average Bonchev–Trinajstić information content (AvgIpc) is 2.60. The molecule has 6 nitrogen and oxygen atoms in total. The summed E-state index contributed by atoms with van der Waals surface area (Å²) in [5.74, 6) is -0.374. The molecule has 1 atom stereocenters. The Morgan fingerprint density at radius 1 is 1.11 bits per heavy atom. The lowest BCUT2D eigenvalue weighted by atomic mass is 10.2. The normalized spacial score (nSPS) is 12.6. The minimum atomic E-state index is -3.60. The number of hydrogen-bond acceptors (Lipinski definition) is 4.